The van der Waals surface area contributed by atoms with Crippen molar-refractivity contribution >= 4 is 5.78 Å². The molecule has 0 amide bonds. The Kier molecular flexibility index (Phi) is 6.83. The lowest BCUT2D eigenvalue weighted by Crippen LogP contribution is -2.25. The lowest BCUT2D eigenvalue weighted by Gasteiger charge is -2.18. The molecule has 2 heterocycles. The molecule has 6 nitrogen and oxygen atoms in total. The van der Waals surface area contributed by atoms with E-state index < -0.39 is 0 Å². The highest BCUT2D eigenvalue weighted by atomic mass is 16.5. The molecule has 0 saturated carbocycles. The number of carbonyl (C=O) groups excluding carboxylic acids is 1. The van der Waals surface area contributed by atoms with Crippen LogP contribution in [-0.4, -0.2) is 74.7 Å². The highest BCUT2D eigenvalue weighted by molar-refractivity contribution is 6.25. The Labute approximate surface area is 196 Å². The van der Waals surface area contributed by atoms with E-state index in [1.165, 1.54) is 25.7 Å². The maximum Gasteiger partial charge on any atom is 0.198 e. The number of likely N-dealkylation sites (tertiary alicyclic amines) is 2. The predicted molar refractivity (Wildman–Crippen MR) is 129 cm³/mol. The summed E-state index contributed by atoms with van der Waals surface area (Å²) in [5.74, 6) is 2.08. The minimum atomic E-state index is -0.0114. The van der Waals surface area contributed by atoms with Crippen LogP contribution in [0, 0.1) is 0 Å². The number of benzene rings is 2. The first-order valence-electron chi connectivity index (χ1n) is 12.4. The van der Waals surface area contributed by atoms with Gasteiger partial charge >= 0.3 is 0 Å². The normalized spacial score (nSPS) is 17.9. The Morgan fingerprint density at radius 2 is 1.24 bits per heavy atom. The third-order valence-electron chi connectivity index (χ3n) is 6.90. The Hall–Kier alpha value is -2.57. The van der Waals surface area contributed by atoms with E-state index in [1.807, 2.05) is 37.3 Å². The first-order valence-corrected chi connectivity index (χ1v) is 12.4. The first-order chi connectivity index (χ1) is 16.3. The predicted octanol–water partition coefficient (Wildman–Crippen LogP) is 4.25. The third kappa shape index (κ3) is 4.59. The molecule has 0 bridgehead atoms. The van der Waals surface area contributed by atoms with Crippen LogP contribution in [0.4, 0.5) is 0 Å². The third-order valence-corrected chi connectivity index (χ3v) is 6.90. The smallest absolute Gasteiger partial charge is 0.198 e. The number of hydrogen-bond acceptors (Lipinski definition) is 6. The van der Waals surface area contributed by atoms with E-state index in [1.54, 1.807) is 0 Å². The lowest BCUT2D eigenvalue weighted by molar-refractivity contribution is 0.103. The Bertz CT molecular complexity index is 994. The van der Waals surface area contributed by atoms with Crippen LogP contribution in [0.2, 0.25) is 0 Å². The molecule has 2 aromatic carbocycles. The van der Waals surface area contributed by atoms with Gasteiger partial charge < -0.3 is 14.2 Å². The first kappa shape index (κ1) is 22.2. The van der Waals surface area contributed by atoms with Crippen LogP contribution in [0.25, 0.3) is 11.1 Å². The average molecular weight is 451 g/mol. The second-order valence-corrected chi connectivity index (χ2v) is 9.05. The zero-order chi connectivity index (χ0) is 22.6. The van der Waals surface area contributed by atoms with Gasteiger partial charge in [-0.1, -0.05) is 12.1 Å². The summed E-state index contributed by atoms with van der Waals surface area (Å²) in [7, 11) is 0. The average Bonchev–Trinajstić information content (AvgIpc) is 3.58. The second-order valence-electron chi connectivity index (χ2n) is 9.05. The molecule has 2 aliphatic heterocycles. The summed E-state index contributed by atoms with van der Waals surface area (Å²) in [4.78, 5) is 18.4. The van der Waals surface area contributed by atoms with Gasteiger partial charge in [-0.25, -0.2) is 0 Å². The van der Waals surface area contributed by atoms with Gasteiger partial charge in [0.1, 0.15) is 30.5 Å². The molecule has 3 aliphatic rings. The summed E-state index contributed by atoms with van der Waals surface area (Å²) in [6.45, 7) is 10.0. The largest absolute Gasteiger partial charge is 0.493 e. The summed E-state index contributed by atoms with van der Waals surface area (Å²) in [5.41, 5.74) is 2.92. The molecule has 0 radical (unpaired) electrons. The number of nitrogens with zero attached hydrogens (tertiary/aromatic N) is 2. The fourth-order valence-corrected chi connectivity index (χ4v) is 5.25. The molecule has 33 heavy (non-hydrogen) atoms. The number of fused-ring (bicyclic) bond motifs is 3. The molecule has 5 rings (SSSR count). The van der Waals surface area contributed by atoms with E-state index in [4.69, 9.17) is 14.2 Å². The van der Waals surface area contributed by atoms with Crippen LogP contribution in [0.5, 0.6) is 17.2 Å². The number of ketones is 1. The van der Waals surface area contributed by atoms with Crippen molar-refractivity contribution in [2.45, 2.75) is 32.6 Å². The van der Waals surface area contributed by atoms with Crippen molar-refractivity contribution in [3.8, 4) is 28.4 Å². The van der Waals surface area contributed by atoms with E-state index in [-0.39, 0.29) is 5.78 Å². The van der Waals surface area contributed by atoms with E-state index in [9.17, 15) is 4.79 Å². The molecule has 0 N–H and O–H groups in total. The molecular weight excluding hydrogens is 416 g/mol. The SMILES string of the molecule is CCOc1ccc(OCCN2CCCC2)c2c1-c1c(OCCN3CCCC3)cccc1C2=O. The van der Waals surface area contributed by atoms with Crippen LogP contribution in [0.1, 0.15) is 48.5 Å². The van der Waals surface area contributed by atoms with Gasteiger partial charge in [0.15, 0.2) is 5.78 Å². The molecule has 176 valence electrons. The fourth-order valence-electron chi connectivity index (χ4n) is 5.25. The summed E-state index contributed by atoms with van der Waals surface area (Å²) in [6.07, 6.45) is 5.04. The molecular formula is C27H34N2O4. The van der Waals surface area contributed by atoms with E-state index in [0.29, 0.717) is 42.4 Å². The number of rotatable bonds is 10. The van der Waals surface area contributed by atoms with Crippen molar-refractivity contribution in [1.29, 1.82) is 0 Å². The Morgan fingerprint density at radius 1 is 0.697 bits per heavy atom. The molecule has 1 aliphatic carbocycles. The van der Waals surface area contributed by atoms with Crippen molar-refractivity contribution < 1.29 is 19.0 Å². The number of hydrogen-bond donors (Lipinski definition) is 0. The maximum atomic E-state index is 13.5. The van der Waals surface area contributed by atoms with Gasteiger partial charge in [-0.3, -0.25) is 14.6 Å². The van der Waals surface area contributed by atoms with E-state index in [2.05, 4.69) is 9.80 Å². The van der Waals surface area contributed by atoms with E-state index in [0.717, 1.165) is 56.1 Å². The molecule has 0 atom stereocenters. The topological polar surface area (TPSA) is 51.2 Å². The molecule has 0 spiro atoms. The highest BCUT2D eigenvalue weighted by Gasteiger charge is 2.35. The number of ether oxygens (including phenoxy) is 3. The monoisotopic (exact) mass is 450 g/mol. The van der Waals surface area contributed by atoms with Crippen LogP contribution >= 0.6 is 0 Å². The zero-order valence-electron chi connectivity index (χ0n) is 19.6. The van der Waals surface area contributed by atoms with E-state index >= 15 is 0 Å². The maximum absolute atomic E-state index is 13.5. The minimum absolute atomic E-state index is 0.0114. The summed E-state index contributed by atoms with van der Waals surface area (Å²) in [6, 6.07) is 9.56. The highest BCUT2D eigenvalue weighted by Crippen LogP contribution is 2.50. The van der Waals surface area contributed by atoms with Crippen LogP contribution in [0.15, 0.2) is 30.3 Å². The van der Waals surface area contributed by atoms with Crippen LogP contribution in [0.3, 0.4) is 0 Å². The zero-order valence-corrected chi connectivity index (χ0v) is 19.6. The molecule has 2 saturated heterocycles. The molecule has 2 fully saturated rings. The molecule has 6 heteroatoms. The van der Waals surface area contributed by atoms with Crippen molar-refractivity contribution in [3.05, 3.63) is 41.5 Å². The molecule has 2 aromatic rings. The molecule has 0 aromatic heterocycles. The van der Waals surface area contributed by atoms with Gasteiger partial charge in [-0.2, -0.15) is 0 Å². The van der Waals surface area contributed by atoms with Gasteiger partial charge in [-0.05, 0) is 77.0 Å². The minimum Gasteiger partial charge on any atom is -0.493 e. The van der Waals surface area contributed by atoms with Gasteiger partial charge in [-0.15, -0.1) is 0 Å². The quantitative estimate of drug-likeness (QED) is 0.460. The van der Waals surface area contributed by atoms with Gasteiger partial charge in [0.05, 0.1) is 12.2 Å². The van der Waals surface area contributed by atoms with Crippen molar-refractivity contribution in [2.24, 2.45) is 0 Å². The Morgan fingerprint density at radius 3 is 1.82 bits per heavy atom. The summed E-state index contributed by atoms with van der Waals surface area (Å²) in [5, 5.41) is 0. The van der Waals surface area contributed by atoms with Crippen molar-refractivity contribution in [1.82, 2.24) is 9.80 Å². The second kappa shape index (κ2) is 10.1. The lowest BCUT2D eigenvalue weighted by atomic mass is 10.0. The summed E-state index contributed by atoms with van der Waals surface area (Å²) < 4.78 is 18.4. The Balaban J connectivity index is 1.41. The van der Waals surface area contributed by atoms with Crippen molar-refractivity contribution in [3.63, 3.8) is 0 Å². The number of carbonyl (C=O) groups is 1. The van der Waals surface area contributed by atoms with Crippen LogP contribution in [-0.2, 0) is 0 Å². The fraction of sp³-hybridized carbons (Fsp3) is 0.519. The standard InChI is InChI=1S/C27H34N2O4/c1-2-31-22-10-11-23(33-19-17-29-14-5-6-15-29)26-25(22)24-20(27(26)30)8-7-9-21(24)32-18-16-28-12-3-4-13-28/h7-11H,2-6,12-19H2,1H3. The van der Waals surface area contributed by atoms with Gasteiger partial charge in [0.2, 0.25) is 0 Å². The van der Waals surface area contributed by atoms with Gasteiger partial charge in [0.25, 0.3) is 0 Å². The van der Waals surface area contributed by atoms with Gasteiger partial charge in [0, 0.05) is 29.8 Å². The van der Waals surface area contributed by atoms with Crippen molar-refractivity contribution in [2.75, 3.05) is 59.1 Å². The van der Waals surface area contributed by atoms with Crippen LogP contribution < -0.4 is 14.2 Å². The molecule has 0 unspecified atom stereocenters. The summed E-state index contributed by atoms with van der Waals surface area (Å²) >= 11 is 0.